The highest BCUT2D eigenvalue weighted by atomic mass is 79.9. The van der Waals surface area contributed by atoms with Crippen LogP contribution in [0.2, 0.25) is 0 Å². The molecule has 0 atom stereocenters. The van der Waals surface area contributed by atoms with Gasteiger partial charge in [-0.05, 0) is 22.0 Å². The van der Waals surface area contributed by atoms with Crippen molar-refractivity contribution in [3.05, 3.63) is 9.85 Å². The molecular weight excluding hydrogens is 216 g/mol. The van der Waals surface area contributed by atoms with E-state index in [2.05, 4.69) is 21.2 Å². The third-order valence-electron chi connectivity index (χ3n) is 0.921. The summed E-state index contributed by atoms with van der Waals surface area (Å²) in [4.78, 5) is 9.96. The van der Waals surface area contributed by atoms with E-state index in [-0.39, 0.29) is 0 Å². The van der Waals surface area contributed by atoms with Crippen LogP contribution in [0.1, 0.15) is 0 Å². The zero-order valence-electron chi connectivity index (χ0n) is 4.93. The minimum absolute atomic E-state index is 0.587. The first-order valence-electron chi connectivity index (χ1n) is 2.49. The van der Waals surface area contributed by atoms with Gasteiger partial charge in [0.15, 0.2) is 0 Å². The molecule has 0 aromatic carbocycles. The van der Waals surface area contributed by atoms with E-state index in [1.165, 1.54) is 11.3 Å². The number of anilines is 2. The van der Waals surface area contributed by atoms with Crippen LogP contribution in [-0.2, 0) is 4.79 Å². The standard InChI is InChI=1S/C5H5BrN2OS/c6-4-1-3(7)5(10-4)8-2-9/h1-2H,7H2,(H,8,9). The average Bonchev–Trinajstić information content (AvgIpc) is 2.13. The molecule has 1 heterocycles. The number of amides is 1. The van der Waals surface area contributed by atoms with Crippen LogP contribution in [0.15, 0.2) is 9.85 Å². The van der Waals surface area contributed by atoms with Gasteiger partial charge in [0.25, 0.3) is 0 Å². The maximum Gasteiger partial charge on any atom is 0.212 e. The molecule has 0 aliphatic carbocycles. The van der Waals surface area contributed by atoms with Crippen LogP contribution in [0.4, 0.5) is 10.7 Å². The van der Waals surface area contributed by atoms with Crippen LogP contribution in [0.25, 0.3) is 0 Å². The lowest BCUT2D eigenvalue weighted by Gasteiger charge is -1.91. The molecule has 1 amide bonds. The van der Waals surface area contributed by atoms with Crippen molar-refractivity contribution in [3.8, 4) is 0 Å². The molecule has 5 heteroatoms. The van der Waals surface area contributed by atoms with Gasteiger partial charge in [0.05, 0.1) is 9.47 Å². The predicted octanol–water partition coefficient (Wildman–Crippen LogP) is 1.66. The molecule has 0 fully saturated rings. The molecule has 0 saturated carbocycles. The number of nitrogen functional groups attached to an aromatic ring is 1. The molecule has 1 rings (SSSR count). The van der Waals surface area contributed by atoms with Crippen LogP contribution < -0.4 is 11.1 Å². The van der Waals surface area contributed by atoms with E-state index in [4.69, 9.17) is 5.73 Å². The molecule has 54 valence electrons. The lowest BCUT2D eigenvalue weighted by molar-refractivity contribution is -0.105. The van der Waals surface area contributed by atoms with E-state index in [1.54, 1.807) is 6.07 Å². The fourth-order valence-corrected chi connectivity index (χ4v) is 1.94. The number of hydrogen-bond acceptors (Lipinski definition) is 3. The number of rotatable bonds is 2. The Hall–Kier alpha value is -0.550. The molecule has 0 aliphatic rings. The summed E-state index contributed by atoms with van der Waals surface area (Å²) in [6, 6.07) is 1.75. The molecule has 1 aromatic rings. The van der Waals surface area contributed by atoms with Crippen LogP contribution in [0, 0.1) is 0 Å². The molecule has 1 aromatic heterocycles. The van der Waals surface area contributed by atoms with E-state index in [1.807, 2.05) is 0 Å². The van der Waals surface area contributed by atoms with Crippen molar-refractivity contribution in [1.82, 2.24) is 0 Å². The van der Waals surface area contributed by atoms with Gasteiger partial charge in [-0.15, -0.1) is 11.3 Å². The monoisotopic (exact) mass is 220 g/mol. The molecule has 0 unspecified atom stereocenters. The quantitative estimate of drug-likeness (QED) is 0.746. The van der Waals surface area contributed by atoms with Gasteiger partial charge in [0, 0.05) is 0 Å². The van der Waals surface area contributed by atoms with E-state index in [0.29, 0.717) is 17.1 Å². The summed E-state index contributed by atoms with van der Waals surface area (Å²) >= 11 is 4.62. The van der Waals surface area contributed by atoms with Gasteiger partial charge in [-0.1, -0.05) is 0 Å². The van der Waals surface area contributed by atoms with Gasteiger partial charge in [-0.3, -0.25) is 4.79 Å². The average molecular weight is 221 g/mol. The first-order valence-corrected chi connectivity index (χ1v) is 4.10. The second kappa shape index (κ2) is 3.03. The number of carbonyl (C=O) groups is 1. The van der Waals surface area contributed by atoms with E-state index in [0.717, 1.165) is 3.79 Å². The smallest absolute Gasteiger partial charge is 0.212 e. The summed E-state index contributed by atoms with van der Waals surface area (Å²) in [5, 5.41) is 3.16. The van der Waals surface area contributed by atoms with Crippen molar-refractivity contribution in [2.45, 2.75) is 0 Å². The van der Waals surface area contributed by atoms with Crippen LogP contribution in [0.5, 0.6) is 0 Å². The Labute approximate surface area is 70.4 Å². The summed E-state index contributed by atoms with van der Waals surface area (Å²) in [5.74, 6) is 0. The fourth-order valence-electron chi connectivity index (χ4n) is 0.540. The molecule has 3 N–H and O–H groups in total. The maximum absolute atomic E-state index is 9.96. The number of nitrogens with one attached hydrogen (secondary N) is 1. The van der Waals surface area contributed by atoms with E-state index >= 15 is 0 Å². The third-order valence-corrected chi connectivity index (χ3v) is 2.51. The first kappa shape index (κ1) is 7.56. The zero-order chi connectivity index (χ0) is 7.56. The fraction of sp³-hybridized carbons (Fsp3) is 0. The molecule has 0 saturated heterocycles. The van der Waals surface area contributed by atoms with Gasteiger partial charge < -0.3 is 11.1 Å². The number of halogens is 1. The SMILES string of the molecule is Nc1cc(Br)sc1NC=O. The third kappa shape index (κ3) is 1.48. The highest BCUT2D eigenvalue weighted by molar-refractivity contribution is 9.11. The van der Waals surface area contributed by atoms with Crippen LogP contribution >= 0.6 is 27.3 Å². The Morgan fingerprint density at radius 2 is 2.50 bits per heavy atom. The van der Waals surface area contributed by atoms with Crippen molar-refractivity contribution in [1.29, 1.82) is 0 Å². The van der Waals surface area contributed by atoms with Gasteiger partial charge in [-0.25, -0.2) is 0 Å². The highest BCUT2D eigenvalue weighted by Crippen LogP contribution is 2.33. The summed E-state index contributed by atoms with van der Waals surface area (Å²) < 4.78 is 0.911. The van der Waals surface area contributed by atoms with Gasteiger partial charge in [0.1, 0.15) is 5.00 Å². The Kier molecular flexibility index (Phi) is 2.29. The number of carbonyl (C=O) groups excluding carboxylic acids is 1. The number of hydrogen-bond donors (Lipinski definition) is 2. The Balaban J connectivity index is 2.91. The van der Waals surface area contributed by atoms with Crippen molar-refractivity contribution >= 4 is 44.4 Å². The minimum atomic E-state index is 0.587. The molecule has 0 radical (unpaired) electrons. The first-order chi connectivity index (χ1) is 4.74. The van der Waals surface area contributed by atoms with Crippen molar-refractivity contribution in [2.75, 3.05) is 11.1 Å². The molecule has 3 nitrogen and oxygen atoms in total. The molecule has 0 spiro atoms. The minimum Gasteiger partial charge on any atom is -0.396 e. The highest BCUT2D eigenvalue weighted by Gasteiger charge is 2.01. The van der Waals surface area contributed by atoms with Gasteiger partial charge in [-0.2, -0.15) is 0 Å². The molecule has 0 bridgehead atoms. The Bertz CT molecular complexity index is 248. The normalized spacial score (nSPS) is 9.30. The van der Waals surface area contributed by atoms with Crippen molar-refractivity contribution in [3.63, 3.8) is 0 Å². The number of nitrogens with two attached hydrogens (primary N) is 1. The summed E-state index contributed by atoms with van der Waals surface area (Å²) in [7, 11) is 0. The van der Waals surface area contributed by atoms with Crippen LogP contribution in [-0.4, -0.2) is 6.41 Å². The largest absolute Gasteiger partial charge is 0.396 e. The summed E-state index contributed by atoms with van der Waals surface area (Å²) in [6.07, 6.45) is 0.606. The Morgan fingerprint density at radius 1 is 1.80 bits per heavy atom. The lowest BCUT2D eigenvalue weighted by atomic mass is 10.5. The second-order valence-corrected chi connectivity index (χ2v) is 4.03. The van der Waals surface area contributed by atoms with E-state index in [9.17, 15) is 4.79 Å². The second-order valence-electron chi connectivity index (χ2n) is 1.60. The molecular formula is C5H5BrN2OS. The van der Waals surface area contributed by atoms with Gasteiger partial charge in [0.2, 0.25) is 6.41 Å². The summed E-state index contributed by atoms with van der Waals surface area (Å²) in [5.41, 5.74) is 6.07. The van der Waals surface area contributed by atoms with Crippen molar-refractivity contribution < 1.29 is 4.79 Å². The lowest BCUT2D eigenvalue weighted by Crippen LogP contribution is -1.93. The summed E-state index contributed by atoms with van der Waals surface area (Å²) in [6.45, 7) is 0. The topological polar surface area (TPSA) is 55.1 Å². The molecule has 0 aliphatic heterocycles. The zero-order valence-corrected chi connectivity index (χ0v) is 7.33. The Morgan fingerprint density at radius 3 is 2.90 bits per heavy atom. The van der Waals surface area contributed by atoms with Crippen molar-refractivity contribution in [2.24, 2.45) is 0 Å². The maximum atomic E-state index is 9.96. The molecule has 10 heavy (non-hydrogen) atoms. The van der Waals surface area contributed by atoms with Crippen LogP contribution in [0.3, 0.4) is 0 Å². The van der Waals surface area contributed by atoms with E-state index < -0.39 is 0 Å². The predicted molar refractivity (Wildman–Crippen MR) is 46.1 cm³/mol. The van der Waals surface area contributed by atoms with Gasteiger partial charge >= 0.3 is 0 Å². The number of thiophene rings is 1.